The van der Waals surface area contributed by atoms with E-state index in [-0.39, 0.29) is 5.91 Å². The molecule has 0 saturated carbocycles. The lowest BCUT2D eigenvalue weighted by molar-refractivity contribution is -0.121. The minimum absolute atomic E-state index is 0.0442. The summed E-state index contributed by atoms with van der Waals surface area (Å²) in [5.74, 6) is 1.32. The van der Waals surface area contributed by atoms with Gasteiger partial charge >= 0.3 is 0 Å². The zero-order chi connectivity index (χ0) is 20.8. The van der Waals surface area contributed by atoms with E-state index in [0.717, 1.165) is 38.3 Å². The first-order valence-electron chi connectivity index (χ1n) is 10.3. The first-order chi connectivity index (χ1) is 14.7. The summed E-state index contributed by atoms with van der Waals surface area (Å²) in [5, 5.41) is 6.85. The molecule has 1 amide bonds. The summed E-state index contributed by atoms with van der Waals surface area (Å²) < 4.78 is 10.4. The number of aromatic nitrogens is 2. The van der Waals surface area contributed by atoms with Crippen LogP contribution in [-0.4, -0.2) is 59.1 Å². The zero-order valence-corrected chi connectivity index (χ0v) is 17.2. The van der Waals surface area contributed by atoms with E-state index < -0.39 is 0 Å². The highest BCUT2D eigenvalue weighted by atomic mass is 16.5. The number of furan rings is 1. The van der Waals surface area contributed by atoms with Crippen molar-refractivity contribution in [1.82, 2.24) is 25.3 Å². The van der Waals surface area contributed by atoms with Gasteiger partial charge in [-0.15, -0.1) is 0 Å². The van der Waals surface area contributed by atoms with Gasteiger partial charge in [0.05, 0.1) is 6.26 Å². The molecule has 4 rings (SSSR count). The van der Waals surface area contributed by atoms with Gasteiger partial charge in [-0.3, -0.25) is 9.69 Å². The Morgan fingerprint density at radius 3 is 2.77 bits per heavy atom. The third-order valence-corrected chi connectivity index (χ3v) is 5.26. The molecule has 8 heteroatoms. The molecule has 2 aromatic heterocycles. The lowest BCUT2D eigenvalue weighted by Crippen LogP contribution is -2.43. The molecule has 1 aliphatic rings. The van der Waals surface area contributed by atoms with Gasteiger partial charge in [0.25, 0.3) is 0 Å². The Labute approximate surface area is 175 Å². The normalized spacial score (nSPS) is 15.4. The predicted octanol–water partition coefficient (Wildman–Crippen LogP) is 2.33. The highest BCUT2D eigenvalue weighted by Crippen LogP contribution is 2.16. The Balaban J connectivity index is 1.22. The van der Waals surface area contributed by atoms with Crippen molar-refractivity contribution >= 4 is 5.91 Å². The molecule has 0 bridgehead atoms. The van der Waals surface area contributed by atoms with Gasteiger partial charge in [0.1, 0.15) is 0 Å². The number of benzene rings is 1. The summed E-state index contributed by atoms with van der Waals surface area (Å²) in [6.07, 6.45) is 2.24. The van der Waals surface area contributed by atoms with Crippen LogP contribution in [0.3, 0.4) is 0 Å². The topological polar surface area (TPSA) is 87.6 Å². The molecule has 158 valence electrons. The maximum Gasteiger partial charge on any atom is 0.238 e. The summed E-state index contributed by atoms with van der Waals surface area (Å²) in [7, 11) is 2.16. The average Bonchev–Trinajstić information content (AvgIpc) is 3.45. The first kappa shape index (κ1) is 20.3. The Morgan fingerprint density at radius 1 is 1.13 bits per heavy atom. The molecule has 0 aliphatic carbocycles. The SMILES string of the molecule is CN1CCN(Cc2cccc(CNC(=O)CCc3nc(-c4ccco4)no3)c2)CC1. The fraction of sp³-hybridized carbons (Fsp3) is 0.409. The summed E-state index contributed by atoms with van der Waals surface area (Å²) in [4.78, 5) is 21.3. The number of nitrogens with one attached hydrogen (secondary N) is 1. The molecule has 8 nitrogen and oxygen atoms in total. The molecular formula is C22H27N5O3. The van der Waals surface area contributed by atoms with Gasteiger partial charge in [-0.1, -0.05) is 29.4 Å². The van der Waals surface area contributed by atoms with Crippen molar-refractivity contribution in [2.45, 2.75) is 25.9 Å². The maximum absolute atomic E-state index is 12.2. The van der Waals surface area contributed by atoms with Crippen molar-refractivity contribution in [3.8, 4) is 11.6 Å². The number of rotatable bonds is 8. The minimum atomic E-state index is -0.0442. The van der Waals surface area contributed by atoms with Gasteiger partial charge < -0.3 is 19.2 Å². The standard InChI is InChI=1S/C22H27N5O3/c1-26-9-11-27(12-10-26)16-18-5-2-4-17(14-18)15-23-20(28)7-8-21-24-22(25-30-21)19-6-3-13-29-19/h2-6,13-14H,7-12,15-16H2,1H3,(H,23,28). The number of hydrogen-bond acceptors (Lipinski definition) is 7. The smallest absolute Gasteiger partial charge is 0.238 e. The number of piperazine rings is 1. The van der Waals surface area contributed by atoms with Crippen LogP contribution in [0.5, 0.6) is 0 Å². The van der Waals surface area contributed by atoms with Gasteiger partial charge in [0.2, 0.25) is 17.6 Å². The highest BCUT2D eigenvalue weighted by Gasteiger charge is 2.14. The molecule has 1 saturated heterocycles. The van der Waals surface area contributed by atoms with E-state index in [2.05, 4.69) is 50.5 Å². The van der Waals surface area contributed by atoms with Crippen LogP contribution in [0.15, 0.2) is 51.6 Å². The summed E-state index contributed by atoms with van der Waals surface area (Å²) >= 11 is 0. The molecule has 0 atom stereocenters. The van der Waals surface area contributed by atoms with Crippen molar-refractivity contribution < 1.29 is 13.7 Å². The number of likely N-dealkylation sites (N-methyl/N-ethyl adjacent to an activating group) is 1. The third-order valence-electron chi connectivity index (χ3n) is 5.26. The van der Waals surface area contributed by atoms with Gasteiger partial charge in [-0.2, -0.15) is 4.98 Å². The van der Waals surface area contributed by atoms with Crippen molar-refractivity contribution in [3.63, 3.8) is 0 Å². The van der Waals surface area contributed by atoms with Crippen LogP contribution in [0, 0.1) is 0 Å². The summed E-state index contributed by atoms with van der Waals surface area (Å²) in [6, 6.07) is 11.9. The highest BCUT2D eigenvalue weighted by molar-refractivity contribution is 5.76. The van der Waals surface area contributed by atoms with E-state index in [1.807, 2.05) is 6.07 Å². The summed E-state index contributed by atoms with van der Waals surface area (Å²) in [5.41, 5.74) is 2.38. The number of carbonyl (C=O) groups excluding carboxylic acids is 1. The lowest BCUT2D eigenvalue weighted by Gasteiger charge is -2.32. The summed E-state index contributed by atoms with van der Waals surface area (Å²) in [6.45, 7) is 5.86. The number of nitrogens with zero attached hydrogens (tertiary/aromatic N) is 4. The average molecular weight is 409 g/mol. The predicted molar refractivity (Wildman–Crippen MR) is 111 cm³/mol. The largest absolute Gasteiger partial charge is 0.461 e. The van der Waals surface area contributed by atoms with Crippen LogP contribution in [-0.2, 0) is 24.3 Å². The Kier molecular flexibility index (Phi) is 6.56. The van der Waals surface area contributed by atoms with Crippen molar-refractivity contribution in [3.05, 3.63) is 59.7 Å². The molecule has 0 radical (unpaired) electrons. The van der Waals surface area contributed by atoms with Gasteiger partial charge in [0.15, 0.2) is 5.76 Å². The second kappa shape index (κ2) is 9.69. The Morgan fingerprint density at radius 2 is 1.97 bits per heavy atom. The van der Waals surface area contributed by atoms with Crippen LogP contribution < -0.4 is 5.32 Å². The first-order valence-corrected chi connectivity index (χ1v) is 10.3. The molecule has 3 heterocycles. The second-order valence-corrected chi connectivity index (χ2v) is 7.67. The van der Waals surface area contributed by atoms with Gasteiger partial charge in [-0.25, -0.2) is 0 Å². The van der Waals surface area contributed by atoms with Crippen LogP contribution in [0.1, 0.15) is 23.4 Å². The molecule has 0 unspecified atom stereocenters. The third kappa shape index (κ3) is 5.55. The fourth-order valence-corrected chi connectivity index (χ4v) is 3.47. The van der Waals surface area contributed by atoms with E-state index in [1.165, 1.54) is 5.56 Å². The van der Waals surface area contributed by atoms with Crippen LogP contribution in [0.4, 0.5) is 0 Å². The minimum Gasteiger partial charge on any atom is -0.461 e. The number of carbonyl (C=O) groups is 1. The fourth-order valence-electron chi connectivity index (χ4n) is 3.47. The number of hydrogen-bond donors (Lipinski definition) is 1. The van der Waals surface area contributed by atoms with E-state index in [9.17, 15) is 4.79 Å². The quantitative estimate of drug-likeness (QED) is 0.611. The molecular weight excluding hydrogens is 382 g/mol. The Bertz CT molecular complexity index is 945. The molecule has 30 heavy (non-hydrogen) atoms. The monoisotopic (exact) mass is 409 g/mol. The van der Waals surface area contributed by atoms with Crippen LogP contribution >= 0.6 is 0 Å². The second-order valence-electron chi connectivity index (χ2n) is 7.67. The van der Waals surface area contributed by atoms with Gasteiger partial charge in [-0.05, 0) is 30.3 Å². The number of aryl methyl sites for hydroxylation is 1. The Hall–Kier alpha value is -2.97. The number of amides is 1. The van der Waals surface area contributed by atoms with E-state index >= 15 is 0 Å². The molecule has 3 aromatic rings. The van der Waals surface area contributed by atoms with Crippen molar-refractivity contribution in [1.29, 1.82) is 0 Å². The molecule has 1 fully saturated rings. The van der Waals surface area contributed by atoms with Crippen LogP contribution in [0.2, 0.25) is 0 Å². The van der Waals surface area contributed by atoms with E-state index in [0.29, 0.717) is 36.9 Å². The van der Waals surface area contributed by atoms with Crippen LogP contribution in [0.25, 0.3) is 11.6 Å². The van der Waals surface area contributed by atoms with Crippen molar-refractivity contribution in [2.24, 2.45) is 0 Å². The zero-order valence-electron chi connectivity index (χ0n) is 17.2. The van der Waals surface area contributed by atoms with Gasteiger partial charge in [0, 0.05) is 52.1 Å². The maximum atomic E-state index is 12.2. The molecule has 1 N–H and O–H groups in total. The lowest BCUT2D eigenvalue weighted by atomic mass is 10.1. The van der Waals surface area contributed by atoms with Crippen molar-refractivity contribution in [2.75, 3.05) is 33.2 Å². The molecule has 1 aliphatic heterocycles. The van der Waals surface area contributed by atoms with E-state index in [1.54, 1.807) is 18.4 Å². The molecule has 1 aromatic carbocycles. The van der Waals surface area contributed by atoms with E-state index in [4.69, 9.17) is 8.94 Å². The molecule has 0 spiro atoms.